The van der Waals surface area contributed by atoms with Crippen molar-refractivity contribution >= 4 is 0 Å². The van der Waals surface area contributed by atoms with E-state index < -0.39 is 0 Å². The van der Waals surface area contributed by atoms with Crippen LogP contribution in [-0.2, 0) is 6.54 Å². The lowest BCUT2D eigenvalue weighted by atomic mass is 10.2. The molecule has 0 aliphatic rings. The van der Waals surface area contributed by atoms with Gasteiger partial charge in [0.15, 0.2) is 0 Å². The molecule has 0 fully saturated rings. The quantitative estimate of drug-likeness (QED) is 0.892. The summed E-state index contributed by atoms with van der Waals surface area (Å²) in [4.78, 5) is 4.53. The van der Waals surface area contributed by atoms with Gasteiger partial charge in [0.05, 0.1) is 0 Å². The number of hydrogen-bond donors (Lipinski definition) is 1. The number of ether oxygens (including phenoxy) is 1. The Bertz CT molecular complexity index is 579. The van der Waals surface area contributed by atoms with Crippen molar-refractivity contribution in [1.29, 1.82) is 0 Å². The standard InChI is InChI=1S/C17H22N2O/c1-12(2)18-11-15-9-10-17(19-14(15)4)20-16-8-6-5-7-13(16)3/h5-10,12,18H,11H2,1-4H3. The molecule has 3 nitrogen and oxygen atoms in total. The first kappa shape index (κ1) is 14.5. The van der Waals surface area contributed by atoms with Crippen LogP contribution < -0.4 is 10.1 Å². The van der Waals surface area contributed by atoms with Crippen molar-refractivity contribution < 1.29 is 4.74 Å². The normalized spacial score (nSPS) is 10.8. The summed E-state index contributed by atoms with van der Waals surface area (Å²) in [7, 11) is 0. The molecule has 3 heteroatoms. The molecule has 20 heavy (non-hydrogen) atoms. The minimum Gasteiger partial charge on any atom is -0.439 e. The minimum atomic E-state index is 0.470. The van der Waals surface area contributed by atoms with Crippen molar-refractivity contribution in [2.75, 3.05) is 0 Å². The molecule has 106 valence electrons. The number of rotatable bonds is 5. The van der Waals surface area contributed by atoms with Crippen molar-refractivity contribution in [2.45, 2.75) is 40.3 Å². The number of nitrogens with one attached hydrogen (secondary N) is 1. The van der Waals surface area contributed by atoms with E-state index in [-0.39, 0.29) is 0 Å². The first-order valence-electron chi connectivity index (χ1n) is 6.99. The first-order valence-corrected chi connectivity index (χ1v) is 6.99. The molecule has 0 radical (unpaired) electrons. The highest BCUT2D eigenvalue weighted by Gasteiger charge is 2.05. The Labute approximate surface area is 121 Å². The van der Waals surface area contributed by atoms with Gasteiger partial charge in [-0.05, 0) is 31.0 Å². The summed E-state index contributed by atoms with van der Waals surface area (Å²) in [6.45, 7) is 9.16. The van der Waals surface area contributed by atoms with Crippen LogP contribution in [0.25, 0.3) is 0 Å². The molecular formula is C17H22N2O. The highest BCUT2D eigenvalue weighted by atomic mass is 16.5. The number of para-hydroxylation sites is 1. The van der Waals surface area contributed by atoms with Crippen LogP contribution in [0.2, 0.25) is 0 Å². The van der Waals surface area contributed by atoms with Gasteiger partial charge in [-0.2, -0.15) is 0 Å². The Morgan fingerprint density at radius 1 is 1.10 bits per heavy atom. The van der Waals surface area contributed by atoms with Crippen LogP contribution in [-0.4, -0.2) is 11.0 Å². The predicted molar refractivity (Wildman–Crippen MR) is 82.2 cm³/mol. The Kier molecular flexibility index (Phi) is 4.74. The van der Waals surface area contributed by atoms with Gasteiger partial charge in [0.2, 0.25) is 5.88 Å². The maximum absolute atomic E-state index is 5.84. The number of aromatic nitrogens is 1. The third kappa shape index (κ3) is 3.81. The van der Waals surface area contributed by atoms with Crippen LogP contribution in [0.4, 0.5) is 0 Å². The molecule has 2 aromatic rings. The first-order chi connectivity index (χ1) is 9.56. The van der Waals surface area contributed by atoms with E-state index in [9.17, 15) is 0 Å². The summed E-state index contributed by atoms with van der Waals surface area (Å²) in [5.41, 5.74) is 3.32. The molecule has 0 saturated heterocycles. The molecule has 1 aromatic heterocycles. The van der Waals surface area contributed by atoms with Crippen molar-refractivity contribution in [3.63, 3.8) is 0 Å². The maximum Gasteiger partial charge on any atom is 0.219 e. The predicted octanol–water partition coefficient (Wildman–Crippen LogP) is 3.99. The van der Waals surface area contributed by atoms with E-state index >= 15 is 0 Å². The average molecular weight is 270 g/mol. The lowest BCUT2D eigenvalue weighted by Gasteiger charge is -2.12. The molecule has 1 aromatic carbocycles. The van der Waals surface area contributed by atoms with Gasteiger partial charge in [-0.1, -0.05) is 38.1 Å². The van der Waals surface area contributed by atoms with Crippen molar-refractivity contribution in [3.8, 4) is 11.6 Å². The van der Waals surface area contributed by atoms with Crippen molar-refractivity contribution in [1.82, 2.24) is 10.3 Å². The number of benzene rings is 1. The van der Waals surface area contributed by atoms with E-state index in [1.54, 1.807) is 0 Å². The molecule has 0 spiro atoms. The molecule has 0 aliphatic carbocycles. The molecule has 0 saturated carbocycles. The number of nitrogens with zero attached hydrogens (tertiary/aromatic N) is 1. The summed E-state index contributed by atoms with van der Waals surface area (Å²) in [5, 5.41) is 3.40. The van der Waals surface area contributed by atoms with Crippen molar-refractivity contribution in [3.05, 3.63) is 53.2 Å². The Morgan fingerprint density at radius 3 is 2.50 bits per heavy atom. The molecule has 1 N–H and O–H groups in total. The van der Waals surface area contributed by atoms with E-state index in [1.807, 2.05) is 44.2 Å². The van der Waals surface area contributed by atoms with Gasteiger partial charge < -0.3 is 10.1 Å². The Morgan fingerprint density at radius 2 is 1.85 bits per heavy atom. The largest absolute Gasteiger partial charge is 0.439 e. The Balaban J connectivity index is 2.11. The summed E-state index contributed by atoms with van der Waals surface area (Å²) in [5.74, 6) is 1.50. The van der Waals surface area contributed by atoms with E-state index in [0.717, 1.165) is 23.6 Å². The van der Waals surface area contributed by atoms with Gasteiger partial charge >= 0.3 is 0 Å². The molecule has 1 heterocycles. The van der Waals surface area contributed by atoms with Crippen LogP contribution in [0.5, 0.6) is 11.6 Å². The average Bonchev–Trinajstić information content (AvgIpc) is 2.40. The highest BCUT2D eigenvalue weighted by molar-refractivity contribution is 5.35. The fourth-order valence-electron chi connectivity index (χ4n) is 1.91. The van der Waals surface area contributed by atoms with Gasteiger partial charge in [-0.25, -0.2) is 4.98 Å². The van der Waals surface area contributed by atoms with Crippen molar-refractivity contribution in [2.24, 2.45) is 0 Å². The van der Waals surface area contributed by atoms with Crippen LogP contribution >= 0.6 is 0 Å². The monoisotopic (exact) mass is 270 g/mol. The number of pyridine rings is 1. The second-order valence-corrected chi connectivity index (χ2v) is 5.30. The zero-order valence-corrected chi connectivity index (χ0v) is 12.6. The summed E-state index contributed by atoms with van der Waals surface area (Å²) in [6.07, 6.45) is 0. The van der Waals surface area contributed by atoms with E-state index in [4.69, 9.17) is 4.74 Å². The summed E-state index contributed by atoms with van der Waals surface area (Å²) >= 11 is 0. The molecule has 0 atom stereocenters. The molecule has 0 amide bonds. The zero-order chi connectivity index (χ0) is 14.5. The van der Waals surface area contributed by atoms with Crippen LogP contribution in [0.3, 0.4) is 0 Å². The van der Waals surface area contributed by atoms with Gasteiger partial charge in [-0.3, -0.25) is 0 Å². The van der Waals surface area contributed by atoms with Crippen LogP contribution in [0.15, 0.2) is 36.4 Å². The second kappa shape index (κ2) is 6.53. The van der Waals surface area contributed by atoms with Gasteiger partial charge in [0, 0.05) is 24.3 Å². The number of hydrogen-bond acceptors (Lipinski definition) is 3. The van der Waals surface area contributed by atoms with Crippen LogP contribution in [0, 0.1) is 13.8 Å². The highest BCUT2D eigenvalue weighted by Crippen LogP contribution is 2.23. The van der Waals surface area contributed by atoms with E-state index in [2.05, 4.69) is 30.2 Å². The molecular weight excluding hydrogens is 248 g/mol. The zero-order valence-electron chi connectivity index (χ0n) is 12.6. The Hall–Kier alpha value is -1.87. The smallest absolute Gasteiger partial charge is 0.219 e. The number of aryl methyl sites for hydroxylation is 2. The van der Waals surface area contributed by atoms with Gasteiger partial charge in [-0.15, -0.1) is 0 Å². The minimum absolute atomic E-state index is 0.470. The summed E-state index contributed by atoms with van der Waals surface area (Å²) in [6, 6.07) is 12.4. The third-order valence-electron chi connectivity index (χ3n) is 3.18. The van der Waals surface area contributed by atoms with E-state index in [0.29, 0.717) is 11.9 Å². The SMILES string of the molecule is Cc1ccccc1Oc1ccc(CNC(C)C)c(C)n1. The molecule has 0 unspecified atom stereocenters. The summed E-state index contributed by atoms with van der Waals surface area (Å²) < 4.78 is 5.84. The molecule has 0 aliphatic heterocycles. The van der Waals surface area contributed by atoms with Crippen LogP contribution in [0.1, 0.15) is 30.7 Å². The lowest BCUT2D eigenvalue weighted by molar-refractivity contribution is 0.457. The third-order valence-corrected chi connectivity index (χ3v) is 3.18. The van der Waals surface area contributed by atoms with Gasteiger partial charge in [0.25, 0.3) is 0 Å². The van der Waals surface area contributed by atoms with E-state index in [1.165, 1.54) is 5.56 Å². The topological polar surface area (TPSA) is 34.1 Å². The molecule has 0 bridgehead atoms. The molecule has 2 rings (SSSR count). The second-order valence-electron chi connectivity index (χ2n) is 5.30. The fourth-order valence-corrected chi connectivity index (χ4v) is 1.91. The fraction of sp³-hybridized carbons (Fsp3) is 0.353. The lowest BCUT2D eigenvalue weighted by Crippen LogP contribution is -2.22. The van der Waals surface area contributed by atoms with Gasteiger partial charge in [0.1, 0.15) is 5.75 Å². The maximum atomic E-state index is 5.84.